The van der Waals surface area contributed by atoms with Crippen molar-refractivity contribution in [3.63, 3.8) is 0 Å². The van der Waals surface area contributed by atoms with Crippen molar-refractivity contribution in [2.24, 2.45) is 0 Å². The number of hydroxylamine groups is 1. The van der Waals surface area contributed by atoms with E-state index < -0.39 is 5.91 Å². The maximum Gasteiger partial charge on any atom is 0.267 e. The summed E-state index contributed by atoms with van der Waals surface area (Å²) < 4.78 is 7.76. The third-order valence-corrected chi connectivity index (χ3v) is 5.73. The minimum atomic E-state index is -0.559. The number of nitrogens with zero attached hydrogens (tertiary/aromatic N) is 3. The van der Waals surface area contributed by atoms with E-state index in [0.717, 1.165) is 62.3 Å². The van der Waals surface area contributed by atoms with E-state index in [-0.39, 0.29) is 6.04 Å². The summed E-state index contributed by atoms with van der Waals surface area (Å²) in [4.78, 5) is 18.3. The van der Waals surface area contributed by atoms with Crippen molar-refractivity contribution in [3.05, 3.63) is 72.1 Å². The number of fused-ring (bicyclic) bond motifs is 1. The van der Waals surface area contributed by atoms with Gasteiger partial charge in [-0.3, -0.25) is 14.9 Å². The van der Waals surface area contributed by atoms with Crippen LogP contribution in [0.5, 0.6) is 0 Å². The van der Waals surface area contributed by atoms with Crippen LogP contribution in [0.1, 0.15) is 23.6 Å². The standard InChI is InChI=1S/C24H28N4O3/c29-24(26-30)9-7-20-6-8-23-22(17-20)25-18-28(23)21(16-19-4-2-1-3-5-19)10-11-27-12-14-31-15-13-27/h1-9,17-18,21,30H,10-16H2,(H,26,29). The molecule has 0 spiro atoms. The topological polar surface area (TPSA) is 79.6 Å². The number of nitrogens with one attached hydrogen (secondary N) is 1. The van der Waals surface area contributed by atoms with E-state index in [1.807, 2.05) is 30.6 Å². The molecule has 1 atom stereocenters. The summed E-state index contributed by atoms with van der Waals surface area (Å²) in [5, 5.41) is 8.64. The minimum absolute atomic E-state index is 0.289. The number of aromatic nitrogens is 2. The Morgan fingerprint density at radius 1 is 1.19 bits per heavy atom. The molecule has 31 heavy (non-hydrogen) atoms. The van der Waals surface area contributed by atoms with Crippen molar-refractivity contribution >= 4 is 23.0 Å². The van der Waals surface area contributed by atoms with Gasteiger partial charge < -0.3 is 9.30 Å². The van der Waals surface area contributed by atoms with Gasteiger partial charge in [-0.05, 0) is 42.2 Å². The first kappa shape index (κ1) is 21.2. The first-order chi connectivity index (χ1) is 15.2. The van der Waals surface area contributed by atoms with Gasteiger partial charge in [-0.15, -0.1) is 0 Å². The third kappa shape index (κ3) is 5.58. The number of carbonyl (C=O) groups excluding carboxylic acids is 1. The molecule has 0 saturated carbocycles. The van der Waals surface area contributed by atoms with E-state index in [1.54, 1.807) is 11.6 Å². The summed E-state index contributed by atoms with van der Waals surface area (Å²) in [7, 11) is 0. The van der Waals surface area contributed by atoms with Crippen molar-refractivity contribution in [2.45, 2.75) is 18.9 Å². The van der Waals surface area contributed by atoms with Crippen LogP contribution in [0.25, 0.3) is 17.1 Å². The third-order valence-electron chi connectivity index (χ3n) is 5.73. The van der Waals surface area contributed by atoms with Crippen molar-refractivity contribution in [3.8, 4) is 0 Å². The number of hydrogen-bond donors (Lipinski definition) is 2. The van der Waals surface area contributed by atoms with Gasteiger partial charge in [0.05, 0.1) is 30.6 Å². The maximum absolute atomic E-state index is 11.2. The monoisotopic (exact) mass is 420 g/mol. The summed E-state index contributed by atoms with van der Waals surface area (Å²) >= 11 is 0. The van der Waals surface area contributed by atoms with E-state index in [2.05, 4.69) is 38.7 Å². The Morgan fingerprint density at radius 2 is 2.00 bits per heavy atom. The van der Waals surface area contributed by atoms with Gasteiger partial charge >= 0.3 is 0 Å². The summed E-state index contributed by atoms with van der Waals surface area (Å²) in [5.41, 5.74) is 5.73. The lowest BCUT2D eigenvalue weighted by atomic mass is 10.0. The predicted molar refractivity (Wildman–Crippen MR) is 120 cm³/mol. The smallest absolute Gasteiger partial charge is 0.267 e. The predicted octanol–water partition coefficient (Wildman–Crippen LogP) is 3.06. The molecule has 2 aromatic carbocycles. The van der Waals surface area contributed by atoms with Crippen LogP contribution in [0.15, 0.2) is 60.9 Å². The van der Waals surface area contributed by atoms with E-state index in [1.165, 1.54) is 11.6 Å². The fourth-order valence-corrected chi connectivity index (χ4v) is 4.03. The molecule has 1 saturated heterocycles. The lowest BCUT2D eigenvalue weighted by Crippen LogP contribution is -2.37. The van der Waals surface area contributed by atoms with E-state index in [4.69, 9.17) is 9.94 Å². The largest absolute Gasteiger partial charge is 0.379 e. The van der Waals surface area contributed by atoms with E-state index in [0.29, 0.717) is 0 Å². The molecule has 1 fully saturated rings. The molecule has 1 aliphatic heterocycles. The van der Waals surface area contributed by atoms with E-state index >= 15 is 0 Å². The number of imidazole rings is 1. The molecule has 1 unspecified atom stereocenters. The molecule has 2 heterocycles. The van der Waals surface area contributed by atoms with Crippen LogP contribution in [-0.2, 0) is 16.0 Å². The van der Waals surface area contributed by atoms with Crippen molar-refractivity contribution in [1.82, 2.24) is 19.9 Å². The van der Waals surface area contributed by atoms with E-state index in [9.17, 15) is 4.79 Å². The molecule has 0 bridgehead atoms. The van der Waals surface area contributed by atoms with Crippen molar-refractivity contribution in [1.29, 1.82) is 0 Å². The summed E-state index contributed by atoms with van der Waals surface area (Å²) in [6.45, 7) is 4.61. The normalized spacial score (nSPS) is 16.0. The number of carbonyl (C=O) groups is 1. The molecule has 2 N–H and O–H groups in total. The quantitative estimate of drug-likeness (QED) is 0.333. The fraction of sp³-hybridized carbons (Fsp3) is 0.333. The molecule has 3 aromatic rings. The Bertz CT molecular complexity index is 1030. The Labute approximate surface area is 181 Å². The molecule has 7 heteroatoms. The fourth-order valence-electron chi connectivity index (χ4n) is 4.03. The average molecular weight is 421 g/mol. The van der Waals surface area contributed by atoms with Crippen LogP contribution >= 0.6 is 0 Å². The number of rotatable bonds is 8. The average Bonchev–Trinajstić information content (AvgIpc) is 3.24. The van der Waals surface area contributed by atoms with Crippen LogP contribution in [0, 0.1) is 0 Å². The second kappa shape index (κ2) is 10.3. The van der Waals surface area contributed by atoms with Gasteiger partial charge in [0.2, 0.25) is 0 Å². The van der Waals surface area contributed by atoms with Crippen molar-refractivity contribution in [2.75, 3.05) is 32.8 Å². The first-order valence-corrected chi connectivity index (χ1v) is 10.7. The highest BCUT2D eigenvalue weighted by molar-refractivity contribution is 5.91. The molecule has 4 rings (SSSR count). The lowest BCUT2D eigenvalue weighted by Gasteiger charge is -2.29. The van der Waals surface area contributed by atoms with Gasteiger partial charge in [0.1, 0.15) is 0 Å². The second-order valence-electron chi connectivity index (χ2n) is 7.80. The molecule has 0 radical (unpaired) electrons. The molecule has 7 nitrogen and oxygen atoms in total. The van der Waals surface area contributed by atoms with Gasteiger partial charge in [0.25, 0.3) is 5.91 Å². The lowest BCUT2D eigenvalue weighted by molar-refractivity contribution is -0.124. The maximum atomic E-state index is 11.2. The Hall–Kier alpha value is -3.00. The minimum Gasteiger partial charge on any atom is -0.379 e. The number of ether oxygens (including phenoxy) is 1. The van der Waals surface area contributed by atoms with Crippen LogP contribution in [0.4, 0.5) is 0 Å². The molecule has 1 amide bonds. The Morgan fingerprint density at radius 3 is 2.77 bits per heavy atom. The number of benzene rings is 2. The van der Waals surface area contributed by atoms with Gasteiger partial charge in [0, 0.05) is 31.8 Å². The number of hydrogen-bond acceptors (Lipinski definition) is 5. The SMILES string of the molecule is O=C(C=Cc1ccc2c(c1)ncn2C(CCN1CCOCC1)Cc1ccccc1)NO. The highest BCUT2D eigenvalue weighted by atomic mass is 16.5. The van der Waals surface area contributed by atoms with Crippen LogP contribution in [-0.4, -0.2) is 58.4 Å². The molecule has 162 valence electrons. The highest BCUT2D eigenvalue weighted by Crippen LogP contribution is 2.25. The molecular weight excluding hydrogens is 392 g/mol. The Kier molecular flexibility index (Phi) is 7.09. The zero-order valence-electron chi connectivity index (χ0n) is 17.5. The summed E-state index contributed by atoms with van der Waals surface area (Å²) in [5.74, 6) is -0.559. The van der Waals surface area contributed by atoms with Gasteiger partial charge in [-0.2, -0.15) is 0 Å². The van der Waals surface area contributed by atoms with Crippen LogP contribution in [0.3, 0.4) is 0 Å². The zero-order chi connectivity index (χ0) is 21.5. The molecular formula is C24H28N4O3. The number of amides is 1. The Balaban J connectivity index is 1.56. The van der Waals surface area contributed by atoms with Gasteiger partial charge in [-0.1, -0.05) is 36.4 Å². The highest BCUT2D eigenvalue weighted by Gasteiger charge is 2.18. The number of morpholine rings is 1. The van der Waals surface area contributed by atoms with Gasteiger partial charge in [-0.25, -0.2) is 10.5 Å². The molecule has 0 aliphatic carbocycles. The summed E-state index contributed by atoms with van der Waals surface area (Å²) in [6, 6.07) is 16.8. The van der Waals surface area contributed by atoms with Crippen LogP contribution in [0.2, 0.25) is 0 Å². The molecule has 1 aromatic heterocycles. The zero-order valence-corrected chi connectivity index (χ0v) is 17.5. The second-order valence-corrected chi connectivity index (χ2v) is 7.80. The van der Waals surface area contributed by atoms with Crippen molar-refractivity contribution < 1.29 is 14.7 Å². The van der Waals surface area contributed by atoms with Gasteiger partial charge in [0.15, 0.2) is 0 Å². The first-order valence-electron chi connectivity index (χ1n) is 10.7. The van der Waals surface area contributed by atoms with Crippen LogP contribution < -0.4 is 5.48 Å². The molecule has 1 aliphatic rings. The summed E-state index contributed by atoms with van der Waals surface area (Å²) in [6.07, 6.45) is 6.84.